The summed E-state index contributed by atoms with van der Waals surface area (Å²) in [6.45, 7) is 5.45. The molecule has 0 radical (unpaired) electrons. The van der Waals surface area contributed by atoms with Crippen molar-refractivity contribution in [3.05, 3.63) is 84.2 Å². The number of methoxy groups -OCH3 is 1. The van der Waals surface area contributed by atoms with Gasteiger partial charge in [-0.05, 0) is 42.8 Å². The molecule has 1 saturated heterocycles. The second-order valence-electron chi connectivity index (χ2n) is 8.16. The van der Waals surface area contributed by atoms with Crippen molar-refractivity contribution in [1.82, 2.24) is 14.6 Å². The van der Waals surface area contributed by atoms with Crippen LogP contribution in [0.2, 0.25) is 0 Å². The molecule has 7 nitrogen and oxygen atoms in total. The molecule has 1 fully saturated rings. The van der Waals surface area contributed by atoms with Crippen molar-refractivity contribution in [2.45, 2.75) is 17.9 Å². The van der Waals surface area contributed by atoms with E-state index in [9.17, 15) is 8.42 Å². The molecule has 2 aromatic carbocycles. The molecular weight excluding hydrogens is 436 g/mol. The van der Waals surface area contributed by atoms with Crippen LogP contribution in [0.25, 0.3) is 0 Å². The first-order valence-electron chi connectivity index (χ1n) is 11.1. The molecule has 1 atom stereocenters. The van der Waals surface area contributed by atoms with Crippen LogP contribution >= 0.6 is 0 Å². The highest BCUT2D eigenvalue weighted by Gasteiger charge is 2.28. The number of nitrogens with one attached hydrogen (secondary N) is 1. The van der Waals surface area contributed by atoms with Crippen molar-refractivity contribution in [2.75, 3.05) is 44.7 Å². The number of benzene rings is 2. The Bertz CT molecular complexity index is 1150. The van der Waals surface area contributed by atoms with Gasteiger partial charge in [0.1, 0.15) is 5.75 Å². The topological polar surface area (TPSA) is 74.8 Å². The van der Waals surface area contributed by atoms with E-state index in [2.05, 4.69) is 25.6 Å². The fourth-order valence-corrected chi connectivity index (χ4v) is 5.22. The smallest absolute Gasteiger partial charge is 0.240 e. The number of anilines is 1. The van der Waals surface area contributed by atoms with Gasteiger partial charge in [0.25, 0.3) is 0 Å². The summed E-state index contributed by atoms with van der Waals surface area (Å²) >= 11 is 0. The van der Waals surface area contributed by atoms with E-state index in [1.54, 1.807) is 25.4 Å². The molecule has 0 aliphatic carbocycles. The lowest BCUT2D eigenvalue weighted by Crippen LogP contribution is -2.50. The molecule has 4 rings (SSSR count). The number of para-hydroxylation sites is 2. The number of aromatic nitrogens is 1. The molecule has 33 heavy (non-hydrogen) atoms. The summed E-state index contributed by atoms with van der Waals surface area (Å²) in [6.07, 6.45) is 3.55. The largest absolute Gasteiger partial charge is 0.495 e. The molecule has 0 spiro atoms. The molecule has 0 unspecified atom stereocenters. The van der Waals surface area contributed by atoms with E-state index in [-0.39, 0.29) is 17.5 Å². The summed E-state index contributed by atoms with van der Waals surface area (Å²) in [4.78, 5) is 9.18. The normalized spacial score (nSPS) is 15.9. The summed E-state index contributed by atoms with van der Waals surface area (Å²) in [5, 5.41) is 0. The molecule has 1 aromatic heterocycles. The highest BCUT2D eigenvalue weighted by molar-refractivity contribution is 7.89. The van der Waals surface area contributed by atoms with Crippen molar-refractivity contribution in [3.8, 4) is 5.75 Å². The molecule has 3 aromatic rings. The predicted molar refractivity (Wildman–Crippen MR) is 130 cm³/mol. The van der Waals surface area contributed by atoms with Crippen LogP contribution in [0.5, 0.6) is 5.75 Å². The monoisotopic (exact) mass is 466 g/mol. The molecule has 1 aliphatic heterocycles. The Balaban J connectivity index is 1.48. The first kappa shape index (κ1) is 23.2. The molecule has 0 bridgehead atoms. The third-order valence-corrected chi connectivity index (χ3v) is 7.49. The van der Waals surface area contributed by atoms with Gasteiger partial charge in [-0.2, -0.15) is 0 Å². The lowest BCUT2D eigenvalue weighted by Gasteiger charge is -2.40. The van der Waals surface area contributed by atoms with Gasteiger partial charge in [0.05, 0.1) is 23.7 Å². The third kappa shape index (κ3) is 5.52. The number of piperazine rings is 1. The van der Waals surface area contributed by atoms with Crippen LogP contribution in [-0.2, 0) is 10.0 Å². The fourth-order valence-electron chi connectivity index (χ4n) is 4.19. The summed E-state index contributed by atoms with van der Waals surface area (Å²) in [5.41, 5.74) is 3.10. The lowest BCUT2D eigenvalue weighted by molar-refractivity contribution is 0.186. The van der Waals surface area contributed by atoms with E-state index >= 15 is 0 Å². The quantitative estimate of drug-likeness (QED) is 0.549. The van der Waals surface area contributed by atoms with Gasteiger partial charge in [0.15, 0.2) is 0 Å². The number of sulfonamides is 1. The van der Waals surface area contributed by atoms with Crippen LogP contribution in [0.15, 0.2) is 78.0 Å². The van der Waals surface area contributed by atoms with Gasteiger partial charge in [-0.1, -0.05) is 35.9 Å². The molecule has 174 valence electrons. The number of rotatable bonds is 8. The molecule has 0 saturated carbocycles. The Morgan fingerprint density at radius 2 is 1.73 bits per heavy atom. The number of aryl methyl sites for hydroxylation is 1. The minimum atomic E-state index is -3.61. The maximum Gasteiger partial charge on any atom is 0.240 e. The van der Waals surface area contributed by atoms with E-state index in [4.69, 9.17) is 4.74 Å². The first-order valence-corrected chi connectivity index (χ1v) is 12.5. The Morgan fingerprint density at radius 3 is 2.39 bits per heavy atom. The highest BCUT2D eigenvalue weighted by atomic mass is 32.2. The predicted octanol–water partition coefficient (Wildman–Crippen LogP) is 3.24. The fraction of sp³-hybridized carbons (Fsp3) is 0.320. The van der Waals surface area contributed by atoms with Crippen molar-refractivity contribution in [2.24, 2.45) is 0 Å². The van der Waals surface area contributed by atoms with Crippen LogP contribution in [0.4, 0.5) is 5.69 Å². The molecular formula is C25H30N4O3S. The van der Waals surface area contributed by atoms with Crippen molar-refractivity contribution in [3.63, 3.8) is 0 Å². The van der Waals surface area contributed by atoms with Gasteiger partial charge in [0.2, 0.25) is 10.0 Å². The second-order valence-corrected chi connectivity index (χ2v) is 9.93. The average molecular weight is 467 g/mol. The highest BCUT2D eigenvalue weighted by Crippen LogP contribution is 2.30. The van der Waals surface area contributed by atoms with Gasteiger partial charge in [-0.15, -0.1) is 0 Å². The zero-order chi connectivity index (χ0) is 23.3. The number of hydrogen-bond donors (Lipinski definition) is 1. The van der Waals surface area contributed by atoms with Gasteiger partial charge in [-0.25, -0.2) is 13.1 Å². The first-order chi connectivity index (χ1) is 16.0. The van der Waals surface area contributed by atoms with Gasteiger partial charge in [0, 0.05) is 45.1 Å². The Labute approximate surface area is 196 Å². The van der Waals surface area contributed by atoms with Gasteiger partial charge in [-0.3, -0.25) is 9.88 Å². The van der Waals surface area contributed by atoms with Crippen molar-refractivity contribution >= 4 is 15.7 Å². The van der Waals surface area contributed by atoms with E-state index in [1.165, 1.54) is 0 Å². The third-order valence-electron chi connectivity index (χ3n) is 6.05. The minimum absolute atomic E-state index is 0.112. The summed E-state index contributed by atoms with van der Waals surface area (Å²) in [7, 11) is -1.92. The van der Waals surface area contributed by atoms with Crippen molar-refractivity contribution < 1.29 is 13.2 Å². The van der Waals surface area contributed by atoms with E-state index in [0.29, 0.717) is 0 Å². The molecule has 2 heterocycles. The average Bonchev–Trinajstić information content (AvgIpc) is 2.85. The minimum Gasteiger partial charge on any atom is -0.495 e. The van der Waals surface area contributed by atoms with Gasteiger partial charge >= 0.3 is 0 Å². The number of nitrogens with zero attached hydrogens (tertiary/aromatic N) is 3. The summed E-state index contributed by atoms with van der Waals surface area (Å²) in [5.74, 6) is 0.862. The molecule has 1 aliphatic rings. The van der Waals surface area contributed by atoms with Crippen LogP contribution in [0.3, 0.4) is 0 Å². The number of ether oxygens (including phenoxy) is 1. The van der Waals surface area contributed by atoms with Crippen LogP contribution in [-0.4, -0.2) is 58.1 Å². The molecule has 0 amide bonds. The van der Waals surface area contributed by atoms with Crippen LogP contribution < -0.4 is 14.4 Å². The number of hydrogen-bond acceptors (Lipinski definition) is 6. The maximum absolute atomic E-state index is 12.9. The van der Waals surface area contributed by atoms with E-state index < -0.39 is 10.0 Å². The Morgan fingerprint density at radius 1 is 1.00 bits per heavy atom. The van der Waals surface area contributed by atoms with E-state index in [1.807, 2.05) is 55.6 Å². The Kier molecular flexibility index (Phi) is 7.27. The van der Waals surface area contributed by atoms with Gasteiger partial charge < -0.3 is 9.64 Å². The summed E-state index contributed by atoms with van der Waals surface area (Å²) in [6, 6.07) is 18.7. The van der Waals surface area contributed by atoms with Crippen LogP contribution in [0, 0.1) is 6.92 Å². The van der Waals surface area contributed by atoms with Crippen LogP contribution in [0.1, 0.15) is 17.2 Å². The zero-order valence-electron chi connectivity index (χ0n) is 19.0. The summed E-state index contributed by atoms with van der Waals surface area (Å²) < 4.78 is 34.2. The second kappa shape index (κ2) is 10.3. The van der Waals surface area contributed by atoms with Crippen molar-refractivity contribution in [1.29, 1.82) is 0 Å². The SMILES string of the molecule is COc1ccccc1N1CCN([C@@H](CNS(=O)(=O)c2ccc(C)cc2)c2cccnc2)CC1. The number of pyridine rings is 1. The standard InChI is InChI=1S/C25H30N4O3S/c1-20-9-11-22(12-10-20)33(30,31)27-19-24(21-6-5-13-26-18-21)29-16-14-28(15-17-29)23-7-3-4-8-25(23)32-2/h3-13,18,24,27H,14-17,19H2,1-2H3/t24-/m0/s1. The Hall–Kier alpha value is -2.94. The lowest BCUT2D eigenvalue weighted by atomic mass is 10.1. The molecule has 1 N–H and O–H groups in total. The molecule has 8 heteroatoms. The zero-order valence-corrected chi connectivity index (χ0v) is 19.8. The van der Waals surface area contributed by atoms with E-state index in [0.717, 1.165) is 48.7 Å². The maximum atomic E-state index is 12.9.